The van der Waals surface area contributed by atoms with E-state index in [1.807, 2.05) is 11.9 Å². The number of hydrogen-bond donors (Lipinski definition) is 1. The summed E-state index contributed by atoms with van der Waals surface area (Å²) in [6, 6.07) is 0.440. The van der Waals surface area contributed by atoms with E-state index in [1.54, 1.807) is 4.90 Å². The van der Waals surface area contributed by atoms with Crippen LogP contribution < -0.4 is 10.2 Å². The highest BCUT2D eigenvalue weighted by Gasteiger charge is 2.22. The van der Waals surface area contributed by atoms with Gasteiger partial charge in [-0.25, -0.2) is 0 Å². The molecule has 0 spiro atoms. The Morgan fingerprint density at radius 1 is 1.35 bits per heavy atom. The fourth-order valence-corrected chi connectivity index (χ4v) is 2.06. The molecule has 0 atom stereocenters. The molecule has 20 heavy (non-hydrogen) atoms. The van der Waals surface area contributed by atoms with Crippen LogP contribution in [0.3, 0.4) is 0 Å². The van der Waals surface area contributed by atoms with Crippen molar-refractivity contribution >= 4 is 11.9 Å². The molecule has 2 rings (SSSR count). The fourth-order valence-electron chi connectivity index (χ4n) is 2.06. The van der Waals surface area contributed by atoms with Crippen molar-refractivity contribution in [3.05, 3.63) is 5.89 Å². The van der Waals surface area contributed by atoms with Crippen molar-refractivity contribution < 1.29 is 9.21 Å². The van der Waals surface area contributed by atoms with Crippen LogP contribution in [0.4, 0.5) is 6.01 Å². The Bertz CT molecular complexity index is 446. The van der Waals surface area contributed by atoms with E-state index in [2.05, 4.69) is 29.4 Å². The summed E-state index contributed by atoms with van der Waals surface area (Å²) in [4.78, 5) is 15.4. The lowest BCUT2D eigenvalue weighted by atomic mass is 10.2. The van der Waals surface area contributed by atoms with Gasteiger partial charge in [0.25, 0.3) is 0 Å². The van der Waals surface area contributed by atoms with Crippen molar-refractivity contribution in [2.24, 2.45) is 5.92 Å². The number of nitrogens with one attached hydrogen (secondary N) is 1. The van der Waals surface area contributed by atoms with Crippen LogP contribution >= 0.6 is 0 Å². The summed E-state index contributed by atoms with van der Waals surface area (Å²) < 4.78 is 5.61. The first kappa shape index (κ1) is 14.8. The van der Waals surface area contributed by atoms with E-state index in [0.717, 1.165) is 26.1 Å². The van der Waals surface area contributed by atoms with Gasteiger partial charge in [0.15, 0.2) is 0 Å². The molecule has 0 radical (unpaired) electrons. The number of carbonyl (C=O) groups is 1. The van der Waals surface area contributed by atoms with Gasteiger partial charge >= 0.3 is 6.01 Å². The summed E-state index contributed by atoms with van der Waals surface area (Å²) in [6.45, 7) is 7.59. The highest BCUT2D eigenvalue weighted by atomic mass is 16.4. The molecular weight excluding hydrogens is 258 g/mol. The summed E-state index contributed by atoms with van der Waals surface area (Å²) >= 11 is 0. The largest absolute Gasteiger partial charge is 0.407 e. The number of amides is 1. The molecule has 2 heterocycles. The number of nitrogens with zero attached hydrogens (tertiary/aromatic N) is 4. The van der Waals surface area contributed by atoms with Gasteiger partial charge in [-0.3, -0.25) is 4.79 Å². The minimum absolute atomic E-state index is 0.0835. The quantitative estimate of drug-likeness (QED) is 0.846. The Balaban J connectivity index is 1.92. The Labute approximate surface area is 119 Å². The molecule has 0 unspecified atom stereocenters. The van der Waals surface area contributed by atoms with Crippen LogP contribution in [-0.2, 0) is 11.3 Å². The Hall–Kier alpha value is -1.63. The Morgan fingerprint density at radius 3 is 2.90 bits per heavy atom. The van der Waals surface area contributed by atoms with Crippen LogP contribution in [0.25, 0.3) is 0 Å². The molecular formula is C13H23N5O2. The van der Waals surface area contributed by atoms with Gasteiger partial charge in [0.1, 0.15) is 6.54 Å². The molecule has 1 aromatic rings. The average Bonchev–Trinajstić information content (AvgIpc) is 2.78. The molecule has 1 aromatic heterocycles. The third-order valence-electron chi connectivity index (χ3n) is 3.23. The van der Waals surface area contributed by atoms with Crippen molar-refractivity contribution in [2.45, 2.75) is 26.8 Å². The summed E-state index contributed by atoms with van der Waals surface area (Å²) in [6.07, 6.45) is 0.908. The fraction of sp³-hybridized carbons (Fsp3) is 0.769. The maximum absolute atomic E-state index is 11.8. The lowest BCUT2D eigenvalue weighted by molar-refractivity contribution is -0.127. The summed E-state index contributed by atoms with van der Waals surface area (Å²) in [5.41, 5.74) is 0. The molecule has 7 heteroatoms. The van der Waals surface area contributed by atoms with Crippen LogP contribution in [0.1, 0.15) is 26.2 Å². The number of likely N-dealkylation sites (N-methyl/N-ethyl adjacent to an activating group) is 1. The van der Waals surface area contributed by atoms with E-state index >= 15 is 0 Å². The van der Waals surface area contributed by atoms with E-state index in [1.165, 1.54) is 0 Å². The minimum atomic E-state index is 0.0835. The zero-order chi connectivity index (χ0) is 14.5. The molecule has 7 nitrogen and oxygen atoms in total. The molecule has 1 fully saturated rings. The van der Waals surface area contributed by atoms with E-state index in [4.69, 9.17) is 4.42 Å². The normalized spacial score (nSPS) is 16.9. The molecule has 1 aliphatic rings. The molecule has 0 saturated carbocycles. The van der Waals surface area contributed by atoms with Gasteiger partial charge < -0.3 is 19.5 Å². The molecule has 1 amide bonds. The lowest BCUT2D eigenvalue weighted by Gasteiger charge is -2.16. The highest BCUT2D eigenvalue weighted by molar-refractivity contribution is 5.80. The molecule has 1 aliphatic heterocycles. The Kier molecular flexibility index (Phi) is 4.94. The standard InChI is InChI=1S/C13H23N5O2/c1-10(2)7-14-8-11-15-16-13(20-11)18-6-4-5-17(3)12(19)9-18/h10,14H,4-9H2,1-3H3. The van der Waals surface area contributed by atoms with Crippen molar-refractivity contribution in [1.82, 2.24) is 20.4 Å². The second-order valence-corrected chi connectivity index (χ2v) is 5.59. The predicted molar refractivity (Wildman–Crippen MR) is 75.3 cm³/mol. The number of rotatable bonds is 5. The SMILES string of the molecule is CC(C)CNCc1nnc(N2CCCN(C)C(=O)C2)o1. The first-order valence-corrected chi connectivity index (χ1v) is 7.08. The zero-order valence-corrected chi connectivity index (χ0v) is 12.4. The van der Waals surface area contributed by atoms with Crippen molar-refractivity contribution in [1.29, 1.82) is 0 Å². The van der Waals surface area contributed by atoms with E-state index in [0.29, 0.717) is 30.9 Å². The van der Waals surface area contributed by atoms with Gasteiger partial charge in [-0.15, -0.1) is 5.10 Å². The summed E-state index contributed by atoms with van der Waals surface area (Å²) in [5, 5.41) is 11.3. The molecule has 0 aromatic carbocycles. The van der Waals surface area contributed by atoms with Gasteiger partial charge in [0.05, 0.1) is 6.54 Å². The smallest absolute Gasteiger partial charge is 0.318 e. The first-order chi connectivity index (χ1) is 9.56. The number of carbonyl (C=O) groups excluding carboxylic acids is 1. The van der Waals surface area contributed by atoms with Gasteiger partial charge in [-0.05, 0) is 18.9 Å². The van der Waals surface area contributed by atoms with Crippen molar-refractivity contribution in [3.63, 3.8) is 0 Å². The monoisotopic (exact) mass is 281 g/mol. The summed E-state index contributed by atoms with van der Waals surface area (Å²) in [7, 11) is 1.82. The average molecular weight is 281 g/mol. The maximum atomic E-state index is 11.8. The van der Waals surface area contributed by atoms with E-state index < -0.39 is 0 Å². The molecule has 1 saturated heterocycles. The minimum Gasteiger partial charge on any atom is -0.407 e. The van der Waals surface area contributed by atoms with Crippen LogP contribution in [0.2, 0.25) is 0 Å². The molecule has 0 aliphatic carbocycles. The number of hydrogen-bond acceptors (Lipinski definition) is 6. The van der Waals surface area contributed by atoms with Gasteiger partial charge in [-0.2, -0.15) is 0 Å². The van der Waals surface area contributed by atoms with Gasteiger partial charge in [-0.1, -0.05) is 18.9 Å². The summed E-state index contributed by atoms with van der Waals surface area (Å²) in [5.74, 6) is 1.22. The third-order valence-corrected chi connectivity index (χ3v) is 3.23. The van der Waals surface area contributed by atoms with Gasteiger partial charge in [0, 0.05) is 20.1 Å². The number of aromatic nitrogens is 2. The van der Waals surface area contributed by atoms with E-state index in [9.17, 15) is 4.79 Å². The van der Waals surface area contributed by atoms with Crippen LogP contribution in [0, 0.1) is 5.92 Å². The zero-order valence-electron chi connectivity index (χ0n) is 12.4. The lowest BCUT2D eigenvalue weighted by Crippen LogP contribution is -2.34. The molecule has 0 bridgehead atoms. The van der Waals surface area contributed by atoms with E-state index in [-0.39, 0.29) is 5.91 Å². The second kappa shape index (κ2) is 6.69. The third kappa shape index (κ3) is 3.93. The predicted octanol–water partition coefficient (Wildman–Crippen LogP) is 0.484. The highest BCUT2D eigenvalue weighted by Crippen LogP contribution is 2.15. The van der Waals surface area contributed by atoms with Crippen LogP contribution in [0.5, 0.6) is 0 Å². The number of anilines is 1. The first-order valence-electron chi connectivity index (χ1n) is 7.08. The van der Waals surface area contributed by atoms with Crippen LogP contribution in [0.15, 0.2) is 4.42 Å². The van der Waals surface area contributed by atoms with Crippen molar-refractivity contribution in [3.8, 4) is 0 Å². The topological polar surface area (TPSA) is 74.5 Å². The second-order valence-electron chi connectivity index (χ2n) is 5.59. The van der Waals surface area contributed by atoms with Gasteiger partial charge in [0.2, 0.25) is 11.8 Å². The molecule has 112 valence electrons. The van der Waals surface area contributed by atoms with Crippen molar-refractivity contribution in [2.75, 3.05) is 38.1 Å². The van der Waals surface area contributed by atoms with Crippen LogP contribution in [-0.4, -0.2) is 54.2 Å². The Morgan fingerprint density at radius 2 is 2.15 bits per heavy atom. The molecule has 1 N–H and O–H groups in total. The maximum Gasteiger partial charge on any atom is 0.318 e.